The van der Waals surface area contributed by atoms with E-state index in [-0.39, 0.29) is 0 Å². The van der Waals surface area contributed by atoms with E-state index in [0.717, 1.165) is 30.9 Å². The molecule has 0 saturated heterocycles. The highest BCUT2D eigenvalue weighted by atomic mass is 16.5. The van der Waals surface area contributed by atoms with E-state index in [1.807, 2.05) is 24.3 Å². The molecule has 0 aliphatic heterocycles. The van der Waals surface area contributed by atoms with Crippen LogP contribution in [-0.2, 0) is 6.54 Å². The number of nitrogens with zero attached hydrogens (tertiary/aromatic N) is 2. The summed E-state index contributed by atoms with van der Waals surface area (Å²) < 4.78 is 5.69. The molecule has 4 nitrogen and oxygen atoms in total. The summed E-state index contributed by atoms with van der Waals surface area (Å²) in [4.78, 5) is 4.46. The van der Waals surface area contributed by atoms with Crippen molar-refractivity contribution in [3.05, 3.63) is 29.8 Å². The third kappa shape index (κ3) is 6.00. The summed E-state index contributed by atoms with van der Waals surface area (Å²) >= 11 is 0. The summed E-state index contributed by atoms with van der Waals surface area (Å²) in [6.45, 7) is 4.36. The SMILES string of the molecule is CN(C)CCN(C)CCOc1ccc(CN)cc1. The van der Waals surface area contributed by atoms with Crippen LogP contribution in [0.5, 0.6) is 5.75 Å². The largest absolute Gasteiger partial charge is 0.492 e. The molecule has 1 rings (SSSR count). The van der Waals surface area contributed by atoms with Gasteiger partial charge in [-0.25, -0.2) is 0 Å². The number of ether oxygens (including phenoxy) is 1. The minimum atomic E-state index is 0.577. The van der Waals surface area contributed by atoms with Gasteiger partial charge in [-0.2, -0.15) is 0 Å². The maximum Gasteiger partial charge on any atom is 0.119 e. The van der Waals surface area contributed by atoms with Crippen LogP contribution in [0.2, 0.25) is 0 Å². The van der Waals surface area contributed by atoms with Gasteiger partial charge in [0.1, 0.15) is 12.4 Å². The normalized spacial score (nSPS) is 11.2. The van der Waals surface area contributed by atoms with Crippen molar-refractivity contribution in [1.82, 2.24) is 9.80 Å². The van der Waals surface area contributed by atoms with Gasteiger partial charge in [-0.05, 0) is 38.8 Å². The third-order valence-electron chi connectivity index (χ3n) is 2.83. The molecule has 102 valence electrons. The number of hydrogen-bond donors (Lipinski definition) is 1. The number of benzene rings is 1. The van der Waals surface area contributed by atoms with E-state index in [9.17, 15) is 0 Å². The fraction of sp³-hybridized carbons (Fsp3) is 0.571. The van der Waals surface area contributed by atoms with E-state index >= 15 is 0 Å². The first-order valence-corrected chi connectivity index (χ1v) is 6.37. The maximum absolute atomic E-state index is 5.69. The zero-order valence-electron chi connectivity index (χ0n) is 11.7. The molecule has 1 aromatic rings. The monoisotopic (exact) mass is 251 g/mol. The lowest BCUT2D eigenvalue weighted by Gasteiger charge is -2.19. The van der Waals surface area contributed by atoms with Gasteiger partial charge in [0.15, 0.2) is 0 Å². The lowest BCUT2D eigenvalue weighted by atomic mass is 10.2. The molecule has 0 aliphatic carbocycles. The first-order chi connectivity index (χ1) is 8.61. The lowest BCUT2D eigenvalue weighted by Crippen LogP contribution is -2.31. The van der Waals surface area contributed by atoms with Crippen LogP contribution < -0.4 is 10.5 Å². The number of rotatable bonds is 8. The van der Waals surface area contributed by atoms with Crippen LogP contribution in [0.3, 0.4) is 0 Å². The molecule has 0 fully saturated rings. The van der Waals surface area contributed by atoms with Gasteiger partial charge in [0, 0.05) is 26.2 Å². The van der Waals surface area contributed by atoms with Crippen LogP contribution in [-0.4, -0.2) is 57.2 Å². The van der Waals surface area contributed by atoms with Crippen LogP contribution >= 0.6 is 0 Å². The second-order valence-corrected chi connectivity index (χ2v) is 4.80. The number of nitrogens with two attached hydrogens (primary N) is 1. The molecule has 0 bridgehead atoms. The fourth-order valence-corrected chi connectivity index (χ4v) is 1.52. The Morgan fingerprint density at radius 2 is 1.67 bits per heavy atom. The van der Waals surface area contributed by atoms with Crippen LogP contribution in [0.4, 0.5) is 0 Å². The Balaban J connectivity index is 2.20. The molecule has 0 amide bonds. The van der Waals surface area contributed by atoms with E-state index in [1.54, 1.807) is 0 Å². The van der Waals surface area contributed by atoms with Gasteiger partial charge in [0.05, 0.1) is 0 Å². The molecule has 0 aliphatic rings. The number of hydrogen-bond acceptors (Lipinski definition) is 4. The maximum atomic E-state index is 5.69. The topological polar surface area (TPSA) is 41.7 Å². The molecule has 0 unspecified atom stereocenters. The zero-order valence-corrected chi connectivity index (χ0v) is 11.7. The van der Waals surface area contributed by atoms with Crippen molar-refractivity contribution in [2.75, 3.05) is 47.4 Å². The van der Waals surface area contributed by atoms with Crippen molar-refractivity contribution in [1.29, 1.82) is 0 Å². The van der Waals surface area contributed by atoms with E-state index in [2.05, 4.69) is 30.9 Å². The van der Waals surface area contributed by atoms with Gasteiger partial charge < -0.3 is 20.3 Å². The average molecular weight is 251 g/mol. The number of likely N-dealkylation sites (N-methyl/N-ethyl adjacent to an activating group) is 2. The predicted molar refractivity (Wildman–Crippen MR) is 75.9 cm³/mol. The molecule has 2 N–H and O–H groups in total. The summed E-state index contributed by atoms with van der Waals surface area (Å²) in [7, 11) is 6.29. The highest BCUT2D eigenvalue weighted by Crippen LogP contribution is 2.11. The molecule has 0 atom stereocenters. The summed E-state index contributed by atoms with van der Waals surface area (Å²) in [6, 6.07) is 7.96. The van der Waals surface area contributed by atoms with E-state index in [1.165, 1.54) is 0 Å². The molecule has 0 aromatic heterocycles. The van der Waals surface area contributed by atoms with E-state index < -0.39 is 0 Å². The second-order valence-electron chi connectivity index (χ2n) is 4.80. The van der Waals surface area contributed by atoms with Crippen molar-refractivity contribution in [3.63, 3.8) is 0 Å². The van der Waals surface area contributed by atoms with Crippen molar-refractivity contribution < 1.29 is 4.74 Å². The van der Waals surface area contributed by atoms with E-state index in [0.29, 0.717) is 13.2 Å². The standard InChI is InChI=1S/C14H25N3O/c1-16(2)8-9-17(3)10-11-18-14-6-4-13(12-15)5-7-14/h4-7H,8-12,15H2,1-3H3. The van der Waals surface area contributed by atoms with Gasteiger partial charge >= 0.3 is 0 Å². The molecule has 18 heavy (non-hydrogen) atoms. The smallest absolute Gasteiger partial charge is 0.119 e. The summed E-state index contributed by atoms with van der Waals surface area (Å²) in [5.74, 6) is 0.910. The first-order valence-electron chi connectivity index (χ1n) is 6.37. The Morgan fingerprint density at radius 3 is 2.22 bits per heavy atom. The van der Waals surface area contributed by atoms with Gasteiger partial charge in [0.2, 0.25) is 0 Å². The van der Waals surface area contributed by atoms with Crippen molar-refractivity contribution >= 4 is 0 Å². The minimum absolute atomic E-state index is 0.577. The fourth-order valence-electron chi connectivity index (χ4n) is 1.52. The lowest BCUT2D eigenvalue weighted by molar-refractivity contribution is 0.222. The molecular formula is C14H25N3O. The quantitative estimate of drug-likeness (QED) is 0.749. The molecule has 0 radical (unpaired) electrons. The molecule has 0 heterocycles. The molecule has 4 heteroatoms. The highest BCUT2D eigenvalue weighted by molar-refractivity contribution is 5.27. The van der Waals surface area contributed by atoms with Crippen molar-refractivity contribution in [2.45, 2.75) is 6.54 Å². The van der Waals surface area contributed by atoms with Crippen molar-refractivity contribution in [2.24, 2.45) is 5.73 Å². The van der Waals surface area contributed by atoms with Gasteiger partial charge in [0.25, 0.3) is 0 Å². The van der Waals surface area contributed by atoms with Crippen LogP contribution in [0.15, 0.2) is 24.3 Å². The van der Waals surface area contributed by atoms with Gasteiger partial charge in [-0.1, -0.05) is 12.1 Å². The Labute approximate surface area is 110 Å². The minimum Gasteiger partial charge on any atom is -0.492 e. The molecule has 0 spiro atoms. The Kier molecular flexibility index (Phi) is 6.72. The van der Waals surface area contributed by atoms with Crippen LogP contribution in [0, 0.1) is 0 Å². The third-order valence-corrected chi connectivity index (χ3v) is 2.83. The van der Waals surface area contributed by atoms with Crippen molar-refractivity contribution in [3.8, 4) is 5.75 Å². The predicted octanol–water partition coefficient (Wildman–Crippen LogP) is 1.02. The summed E-state index contributed by atoms with van der Waals surface area (Å²) in [5, 5.41) is 0. The summed E-state index contributed by atoms with van der Waals surface area (Å²) in [5.41, 5.74) is 6.68. The summed E-state index contributed by atoms with van der Waals surface area (Å²) in [6.07, 6.45) is 0. The van der Waals surface area contributed by atoms with Gasteiger partial charge in [-0.15, -0.1) is 0 Å². The molecule has 1 aromatic carbocycles. The average Bonchev–Trinajstić information content (AvgIpc) is 2.37. The van der Waals surface area contributed by atoms with Crippen LogP contribution in [0.25, 0.3) is 0 Å². The second kappa shape index (κ2) is 8.08. The Bertz CT molecular complexity index is 324. The molecular weight excluding hydrogens is 226 g/mol. The molecule has 0 saturated carbocycles. The van der Waals surface area contributed by atoms with E-state index in [4.69, 9.17) is 10.5 Å². The van der Waals surface area contributed by atoms with Gasteiger partial charge in [-0.3, -0.25) is 0 Å². The van der Waals surface area contributed by atoms with Crippen LogP contribution in [0.1, 0.15) is 5.56 Å². The zero-order chi connectivity index (χ0) is 13.4. The Hall–Kier alpha value is -1.10. The first kappa shape index (κ1) is 15.0. The highest BCUT2D eigenvalue weighted by Gasteiger charge is 2.00. The Morgan fingerprint density at radius 1 is 1.00 bits per heavy atom.